The van der Waals surface area contributed by atoms with Crippen molar-refractivity contribution in [2.45, 2.75) is 25.9 Å². The minimum Gasteiger partial charge on any atom is -0.503 e. The molecule has 5 nitrogen and oxygen atoms in total. The van der Waals surface area contributed by atoms with Gasteiger partial charge in [-0.15, -0.1) is 6.58 Å². The van der Waals surface area contributed by atoms with Crippen LogP contribution in [-0.4, -0.2) is 26.2 Å². The van der Waals surface area contributed by atoms with E-state index < -0.39 is 11.4 Å². The first-order chi connectivity index (χ1) is 11.6. The standard InChI is InChI=1S/C19H22O5/c1-4-9-19(10-11-19)18(21)24-12-14-7-5-6-8-15(14)16(13-22-2)17(20)23-3/h4-8,13H,1,9-12H2,2-3H3/b16-13-. The molecule has 128 valence electrons. The zero-order valence-electron chi connectivity index (χ0n) is 14.0. The first-order valence-corrected chi connectivity index (χ1v) is 7.75. The summed E-state index contributed by atoms with van der Waals surface area (Å²) in [6.45, 7) is 3.78. The van der Waals surface area contributed by atoms with Crippen molar-refractivity contribution in [3.63, 3.8) is 0 Å². The van der Waals surface area contributed by atoms with Gasteiger partial charge in [0.25, 0.3) is 0 Å². The molecule has 0 unspecified atom stereocenters. The van der Waals surface area contributed by atoms with Gasteiger partial charge in [0.15, 0.2) is 0 Å². The molecule has 24 heavy (non-hydrogen) atoms. The SMILES string of the molecule is C=CCC1(C(=O)OCc2ccccc2/C(=C/OC)C(=O)OC)CC1. The van der Waals surface area contributed by atoms with Crippen molar-refractivity contribution in [1.82, 2.24) is 0 Å². The predicted octanol–water partition coefficient (Wildman–Crippen LogP) is 3.25. The molecular weight excluding hydrogens is 308 g/mol. The second-order valence-corrected chi connectivity index (χ2v) is 5.77. The fraction of sp³-hybridized carbons (Fsp3) is 0.368. The third-order valence-electron chi connectivity index (χ3n) is 4.13. The van der Waals surface area contributed by atoms with Crippen LogP contribution in [0.1, 0.15) is 30.4 Å². The quantitative estimate of drug-likeness (QED) is 0.317. The lowest BCUT2D eigenvalue weighted by atomic mass is 10.0. The molecule has 1 aliphatic rings. The summed E-state index contributed by atoms with van der Waals surface area (Å²) in [4.78, 5) is 24.2. The van der Waals surface area contributed by atoms with Crippen LogP contribution in [0.4, 0.5) is 0 Å². The molecule has 0 amide bonds. The van der Waals surface area contributed by atoms with E-state index in [-0.39, 0.29) is 18.1 Å². The highest BCUT2D eigenvalue weighted by Crippen LogP contribution is 2.50. The van der Waals surface area contributed by atoms with Crippen LogP contribution in [0.3, 0.4) is 0 Å². The number of ether oxygens (including phenoxy) is 3. The summed E-state index contributed by atoms with van der Waals surface area (Å²) in [5.74, 6) is -0.728. The Morgan fingerprint density at radius 1 is 1.25 bits per heavy atom. The van der Waals surface area contributed by atoms with Crippen molar-refractivity contribution in [3.8, 4) is 0 Å². The Labute approximate surface area is 141 Å². The Bertz CT molecular complexity index is 655. The van der Waals surface area contributed by atoms with Gasteiger partial charge in [0.1, 0.15) is 12.2 Å². The van der Waals surface area contributed by atoms with E-state index in [2.05, 4.69) is 6.58 Å². The topological polar surface area (TPSA) is 61.8 Å². The van der Waals surface area contributed by atoms with Gasteiger partial charge in [-0.1, -0.05) is 30.3 Å². The minimum absolute atomic E-state index is 0.0892. The number of carbonyl (C=O) groups is 2. The number of hydrogen-bond donors (Lipinski definition) is 0. The van der Waals surface area contributed by atoms with Crippen LogP contribution >= 0.6 is 0 Å². The summed E-state index contributed by atoms with van der Waals surface area (Å²) in [6, 6.07) is 7.20. The van der Waals surface area contributed by atoms with Crippen molar-refractivity contribution in [3.05, 3.63) is 54.3 Å². The van der Waals surface area contributed by atoms with Gasteiger partial charge in [0, 0.05) is 0 Å². The maximum atomic E-state index is 12.3. The lowest BCUT2D eigenvalue weighted by Crippen LogP contribution is -2.19. The maximum absolute atomic E-state index is 12.3. The monoisotopic (exact) mass is 330 g/mol. The molecule has 0 spiro atoms. The molecule has 5 heteroatoms. The van der Waals surface area contributed by atoms with E-state index in [4.69, 9.17) is 14.2 Å². The largest absolute Gasteiger partial charge is 0.503 e. The zero-order valence-corrected chi connectivity index (χ0v) is 14.0. The number of esters is 2. The summed E-state index contributed by atoms with van der Waals surface area (Å²) >= 11 is 0. The number of benzene rings is 1. The van der Waals surface area contributed by atoms with Crippen LogP contribution in [0.15, 0.2) is 43.2 Å². The van der Waals surface area contributed by atoms with E-state index >= 15 is 0 Å². The molecule has 1 aliphatic carbocycles. The van der Waals surface area contributed by atoms with Gasteiger partial charge in [-0.25, -0.2) is 4.79 Å². The van der Waals surface area contributed by atoms with E-state index in [0.717, 1.165) is 12.8 Å². The number of hydrogen-bond acceptors (Lipinski definition) is 5. The first-order valence-electron chi connectivity index (χ1n) is 7.75. The van der Waals surface area contributed by atoms with Gasteiger partial charge in [-0.05, 0) is 30.4 Å². The lowest BCUT2D eigenvalue weighted by Gasteiger charge is -2.15. The molecule has 1 aromatic rings. The molecule has 1 aromatic carbocycles. The average molecular weight is 330 g/mol. The van der Waals surface area contributed by atoms with E-state index in [1.807, 2.05) is 12.1 Å². The Hall–Kier alpha value is -2.56. The zero-order chi connectivity index (χ0) is 17.6. The summed E-state index contributed by atoms with van der Waals surface area (Å²) in [5.41, 5.74) is 1.21. The molecule has 1 fully saturated rings. The molecule has 0 saturated heterocycles. The van der Waals surface area contributed by atoms with Crippen molar-refractivity contribution < 1.29 is 23.8 Å². The molecule has 0 N–H and O–H groups in total. The second-order valence-electron chi connectivity index (χ2n) is 5.77. The van der Waals surface area contributed by atoms with Gasteiger partial charge in [-0.3, -0.25) is 4.79 Å². The normalized spacial score (nSPS) is 15.3. The first kappa shape index (κ1) is 17.8. The molecule has 0 bridgehead atoms. The molecule has 0 heterocycles. The highest BCUT2D eigenvalue weighted by Gasteiger charge is 2.50. The van der Waals surface area contributed by atoms with Crippen LogP contribution in [-0.2, 0) is 30.4 Å². The minimum atomic E-state index is -0.513. The number of allylic oxidation sites excluding steroid dienone is 1. The van der Waals surface area contributed by atoms with Crippen LogP contribution in [0, 0.1) is 5.41 Å². The van der Waals surface area contributed by atoms with Crippen LogP contribution in [0.25, 0.3) is 5.57 Å². The van der Waals surface area contributed by atoms with Gasteiger partial charge in [-0.2, -0.15) is 0 Å². The summed E-state index contributed by atoms with van der Waals surface area (Å²) < 4.78 is 15.2. The molecule has 2 rings (SSSR count). The smallest absolute Gasteiger partial charge is 0.341 e. The van der Waals surface area contributed by atoms with Gasteiger partial charge >= 0.3 is 11.9 Å². The van der Waals surface area contributed by atoms with Crippen molar-refractivity contribution in [2.24, 2.45) is 5.41 Å². The van der Waals surface area contributed by atoms with Crippen molar-refractivity contribution in [1.29, 1.82) is 0 Å². The van der Waals surface area contributed by atoms with Crippen molar-refractivity contribution >= 4 is 17.5 Å². The number of rotatable bonds is 8. The third kappa shape index (κ3) is 3.85. The van der Waals surface area contributed by atoms with E-state index in [9.17, 15) is 9.59 Å². The second kappa shape index (κ2) is 7.81. The molecular formula is C19H22O5. The average Bonchev–Trinajstić information content (AvgIpc) is 3.38. The van der Waals surface area contributed by atoms with E-state index in [0.29, 0.717) is 17.5 Å². The highest BCUT2D eigenvalue weighted by atomic mass is 16.5. The van der Waals surface area contributed by atoms with E-state index in [1.54, 1.807) is 18.2 Å². The molecule has 0 atom stereocenters. The Morgan fingerprint density at radius 2 is 1.96 bits per heavy atom. The van der Waals surface area contributed by atoms with Crippen LogP contribution < -0.4 is 0 Å². The fourth-order valence-electron chi connectivity index (χ4n) is 2.57. The van der Waals surface area contributed by atoms with E-state index in [1.165, 1.54) is 20.5 Å². The third-order valence-corrected chi connectivity index (χ3v) is 4.13. The molecule has 0 aliphatic heterocycles. The van der Waals surface area contributed by atoms with Gasteiger partial charge < -0.3 is 14.2 Å². The Morgan fingerprint density at radius 3 is 2.54 bits per heavy atom. The van der Waals surface area contributed by atoms with Crippen LogP contribution in [0.2, 0.25) is 0 Å². The van der Waals surface area contributed by atoms with Crippen molar-refractivity contribution in [2.75, 3.05) is 14.2 Å². The molecule has 0 radical (unpaired) electrons. The van der Waals surface area contributed by atoms with Crippen LogP contribution in [0.5, 0.6) is 0 Å². The predicted molar refractivity (Wildman–Crippen MR) is 89.7 cm³/mol. The highest BCUT2D eigenvalue weighted by molar-refractivity contribution is 6.16. The van der Waals surface area contributed by atoms with Gasteiger partial charge in [0.05, 0.1) is 25.9 Å². The Balaban J connectivity index is 2.17. The van der Waals surface area contributed by atoms with Gasteiger partial charge in [0.2, 0.25) is 0 Å². The molecule has 0 aromatic heterocycles. The maximum Gasteiger partial charge on any atom is 0.341 e. The summed E-state index contributed by atoms with van der Waals surface area (Å²) in [7, 11) is 2.76. The summed E-state index contributed by atoms with van der Waals surface area (Å²) in [6.07, 6.45) is 5.36. The molecule has 1 saturated carbocycles. The number of methoxy groups -OCH3 is 2. The Kier molecular flexibility index (Phi) is 5.79. The summed E-state index contributed by atoms with van der Waals surface area (Å²) in [5, 5.41) is 0. The lowest BCUT2D eigenvalue weighted by molar-refractivity contribution is -0.151. The number of carbonyl (C=O) groups excluding carboxylic acids is 2. The fourth-order valence-corrected chi connectivity index (χ4v) is 2.57.